The zero-order valence-electron chi connectivity index (χ0n) is 8.50. The first-order valence-corrected chi connectivity index (χ1v) is 5.82. The molecule has 86 valence electrons. The lowest BCUT2D eigenvalue weighted by Gasteiger charge is -2.22. The van der Waals surface area contributed by atoms with E-state index in [1.165, 1.54) is 0 Å². The molecule has 1 unspecified atom stereocenters. The van der Waals surface area contributed by atoms with Gasteiger partial charge in [0.15, 0.2) is 5.69 Å². The Bertz CT molecular complexity index is 393. The van der Waals surface area contributed by atoms with E-state index in [-0.39, 0.29) is 18.4 Å². The average molecular weight is 241 g/mol. The molecule has 0 saturated carbocycles. The molecule has 1 N–H and O–H groups in total. The molecule has 2 heterocycles. The van der Waals surface area contributed by atoms with Gasteiger partial charge >= 0.3 is 5.97 Å². The maximum absolute atomic E-state index is 11.9. The van der Waals surface area contributed by atoms with Gasteiger partial charge in [-0.1, -0.05) is 4.49 Å². The van der Waals surface area contributed by atoms with Crippen molar-refractivity contribution in [2.24, 2.45) is 0 Å². The molecular formula is C9H11N3O3S. The predicted octanol–water partition coefficient (Wildman–Crippen LogP) is 0.617. The topological polar surface area (TPSA) is 83.4 Å². The van der Waals surface area contributed by atoms with Gasteiger partial charge in [0.25, 0.3) is 5.91 Å². The highest BCUT2D eigenvalue weighted by Crippen LogP contribution is 2.22. The third-order valence-electron chi connectivity index (χ3n) is 2.63. The molecule has 6 nitrogen and oxygen atoms in total. The number of carboxylic acids is 1. The first kappa shape index (κ1) is 11.0. The van der Waals surface area contributed by atoms with Crippen molar-refractivity contribution < 1.29 is 14.7 Å². The number of carbonyl (C=O) groups excluding carboxylic acids is 1. The van der Waals surface area contributed by atoms with E-state index in [0.29, 0.717) is 12.2 Å². The standard InChI is InChI=1S/C9H11N3O3S/c13-8(14)4-6-2-1-3-12(6)9(15)7-5-16-11-10-7/h5-6H,1-4H2,(H,13,14). The molecule has 2 rings (SSSR count). The van der Waals surface area contributed by atoms with Crippen LogP contribution in [0, 0.1) is 0 Å². The molecule has 1 atom stereocenters. The van der Waals surface area contributed by atoms with Crippen molar-refractivity contribution in [3.8, 4) is 0 Å². The number of carbonyl (C=O) groups is 2. The normalized spacial score (nSPS) is 20.0. The Hall–Kier alpha value is -1.50. The summed E-state index contributed by atoms with van der Waals surface area (Å²) in [5.41, 5.74) is 0.308. The van der Waals surface area contributed by atoms with Crippen LogP contribution in [-0.4, -0.2) is 44.1 Å². The minimum absolute atomic E-state index is 0.00328. The van der Waals surface area contributed by atoms with Crippen molar-refractivity contribution in [1.82, 2.24) is 14.5 Å². The third-order valence-corrected chi connectivity index (χ3v) is 3.13. The Labute approximate surface area is 96.0 Å². The highest BCUT2D eigenvalue weighted by molar-refractivity contribution is 7.03. The molecule has 0 aromatic carbocycles. The monoisotopic (exact) mass is 241 g/mol. The molecule has 1 saturated heterocycles. The Balaban J connectivity index is 2.08. The van der Waals surface area contributed by atoms with Crippen LogP contribution in [0.1, 0.15) is 29.8 Å². The summed E-state index contributed by atoms with van der Waals surface area (Å²) >= 11 is 1.12. The molecule has 1 amide bonds. The molecule has 1 aromatic heterocycles. The number of aliphatic carboxylic acids is 1. The summed E-state index contributed by atoms with van der Waals surface area (Å²) in [5, 5.41) is 14.0. The van der Waals surface area contributed by atoms with E-state index in [9.17, 15) is 9.59 Å². The van der Waals surface area contributed by atoms with Gasteiger partial charge in [0.05, 0.1) is 6.42 Å². The van der Waals surface area contributed by atoms with Gasteiger partial charge in [0.1, 0.15) is 0 Å². The molecule has 1 aromatic rings. The second kappa shape index (κ2) is 4.56. The van der Waals surface area contributed by atoms with E-state index < -0.39 is 5.97 Å². The summed E-state index contributed by atoms with van der Waals surface area (Å²) in [4.78, 5) is 24.2. The fourth-order valence-electron chi connectivity index (χ4n) is 1.92. The zero-order valence-corrected chi connectivity index (χ0v) is 9.31. The molecule has 0 spiro atoms. The second-order valence-electron chi connectivity index (χ2n) is 3.68. The summed E-state index contributed by atoms with van der Waals surface area (Å²) in [5.74, 6) is -1.08. The van der Waals surface area contributed by atoms with E-state index in [0.717, 1.165) is 24.4 Å². The minimum Gasteiger partial charge on any atom is -0.481 e. The van der Waals surface area contributed by atoms with Crippen LogP contribution in [-0.2, 0) is 4.79 Å². The molecule has 1 fully saturated rings. The van der Waals surface area contributed by atoms with E-state index in [4.69, 9.17) is 5.11 Å². The fourth-order valence-corrected chi connectivity index (χ4v) is 2.35. The number of likely N-dealkylation sites (tertiary alicyclic amines) is 1. The summed E-state index contributed by atoms with van der Waals surface area (Å²) < 4.78 is 3.63. The third kappa shape index (κ3) is 2.19. The summed E-state index contributed by atoms with van der Waals surface area (Å²) in [6, 6.07) is -0.202. The van der Waals surface area contributed by atoms with E-state index >= 15 is 0 Å². The van der Waals surface area contributed by atoms with Crippen molar-refractivity contribution in [2.45, 2.75) is 25.3 Å². The van der Waals surface area contributed by atoms with Crippen LogP contribution in [0.5, 0.6) is 0 Å². The highest BCUT2D eigenvalue weighted by Gasteiger charge is 2.31. The van der Waals surface area contributed by atoms with Gasteiger partial charge in [0.2, 0.25) is 0 Å². The lowest BCUT2D eigenvalue weighted by molar-refractivity contribution is -0.137. The van der Waals surface area contributed by atoms with Crippen LogP contribution in [0.3, 0.4) is 0 Å². The van der Waals surface area contributed by atoms with E-state index in [1.807, 2.05) is 0 Å². The van der Waals surface area contributed by atoms with Crippen molar-refractivity contribution in [3.05, 3.63) is 11.1 Å². The lowest BCUT2D eigenvalue weighted by atomic mass is 10.1. The van der Waals surface area contributed by atoms with Crippen LogP contribution < -0.4 is 0 Å². The first-order valence-electron chi connectivity index (χ1n) is 4.98. The van der Waals surface area contributed by atoms with Gasteiger partial charge in [-0.2, -0.15) is 0 Å². The molecule has 0 aliphatic carbocycles. The van der Waals surface area contributed by atoms with Crippen LogP contribution in [0.2, 0.25) is 0 Å². The Morgan fingerprint density at radius 1 is 1.62 bits per heavy atom. The minimum atomic E-state index is -0.874. The average Bonchev–Trinajstić information content (AvgIpc) is 2.84. The Kier molecular flexibility index (Phi) is 3.14. The van der Waals surface area contributed by atoms with Crippen molar-refractivity contribution in [3.63, 3.8) is 0 Å². The number of nitrogens with zero attached hydrogens (tertiary/aromatic N) is 3. The number of amides is 1. The van der Waals surface area contributed by atoms with E-state index in [2.05, 4.69) is 9.59 Å². The second-order valence-corrected chi connectivity index (χ2v) is 4.29. The van der Waals surface area contributed by atoms with Crippen LogP contribution in [0.15, 0.2) is 5.38 Å². The first-order chi connectivity index (χ1) is 7.68. The smallest absolute Gasteiger partial charge is 0.305 e. The number of carboxylic acid groups (broad SMARTS) is 1. The van der Waals surface area contributed by atoms with Gasteiger partial charge in [-0.3, -0.25) is 9.59 Å². The highest BCUT2D eigenvalue weighted by atomic mass is 32.1. The van der Waals surface area contributed by atoms with Gasteiger partial charge in [-0.05, 0) is 24.4 Å². The van der Waals surface area contributed by atoms with Gasteiger partial charge < -0.3 is 10.0 Å². The summed E-state index contributed by atoms with van der Waals surface area (Å²) in [6.07, 6.45) is 1.60. The summed E-state index contributed by atoms with van der Waals surface area (Å²) in [6.45, 7) is 0.605. The molecule has 7 heteroatoms. The zero-order chi connectivity index (χ0) is 11.5. The number of rotatable bonds is 3. The van der Waals surface area contributed by atoms with Crippen molar-refractivity contribution >= 4 is 23.4 Å². The van der Waals surface area contributed by atoms with Gasteiger partial charge in [0, 0.05) is 18.0 Å². The molecule has 1 aliphatic rings. The Morgan fingerprint density at radius 3 is 3.06 bits per heavy atom. The van der Waals surface area contributed by atoms with Gasteiger partial charge in [-0.25, -0.2) is 0 Å². The van der Waals surface area contributed by atoms with E-state index in [1.54, 1.807) is 10.3 Å². The van der Waals surface area contributed by atoms with Crippen molar-refractivity contribution in [2.75, 3.05) is 6.54 Å². The maximum atomic E-state index is 11.9. The molecule has 0 radical (unpaired) electrons. The van der Waals surface area contributed by atoms with Crippen molar-refractivity contribution in [1.29, 1.82) is 0 Å². The SMILES string of the molecule is O=C(O)CC1CCCN1C(=O)c1csnn1. The molecular weight excluding hydrogens is 230 g/mol. The fraction of sp³-hybridized carbons (Fsp3) is 0.556. The van der Waals surface area contributed by atoms with Crippen LogP contribution in [0.4, 0.5) is 0 Å². The number of hydrogen-bond acceptors (Lipinski definition) is 5. The van der Waals surface area contributed by atoms with Crippen LogP contribution >= 0.6 is 11.5 Å². The predicted molar refractivity (Wildman–Crippen MR) is 56.2 cm³/mol. The Morgan fingerprint density at radius 2 is 2.44 bits per heavy atom. The van der Waals surface area contributed by atoms with Gasteiger partial charge in [-0.15, -0.1) is 5.10 Å². The molecule has 1 aliphatic heterocycles. The number of aromatic nitrogens is 2. The quantitative estimate of drug-likeness (QED) is 0.838. The molecule has 0 bridgehead atoms. The number of hydrogen-bond donors (Lipinski definition) is 1. The largest absolute Gasteiger partial charge is 0.481 e. The molecule has 16 heavy (non-hydrogen) atoms. The van der Waals surface area contributed by atoms with Crippen LogP contribution in [0.25, 0.3) is 0 Å². The lowest BCUT2D eigenvalue weighted by Crippen LogP contribution is -2.37. The maximum Gasteiger partial charge on any atom is 0.305 e. The summed E-state index contributed by atoms with van der Waals surface area (Å²) in [7, 11) is 0.